The van der Waals surface area contributed by atoms with E-state index in [-0.39, 0.29) is 0 Å². The molecule has 0 spiro atoms. The molecule has 0 aliphatic carbocycles. The van der Waals surface area contributed by atoms with E-state index < -0.39 is 28.0 Å². The minimum atomic E-state index is -3.72. The average Bonchev–Trinajstić information content (AvgIpc) is 2.78. The van der Waals surface area contributed by atoms with Gasteiger partial charge in [-0.3, -0.25) is 9.10 Å². The van der Waals surface area contributed by atoms with Crippen LogP contribution in [0.25, 0.3) is 0 Å². The normalized spacial score (nSPS) is 13.1. The molecule has 0 aliphatic heterocycles. The molecule has 0 saturated heterocycles. The van der Waals surface area contributed by atoms with E-state index >= 15 is 0 Å². The Morgan fingerprint density at radius 1 is 0.906 bits per heavy atom. The SMILES string of the molecule is COc1ccc(N([C@@H](C)C(=O)N[C@H](c2ccccc2)c2ccc(C)cc2)S(C)(=O)=O)cc1. The number of amides is 1. The van der Waals surface area contributed by atoms with Crippen molar-refractivity contribution in [3.63, 3.8) is 0 Å². The van der Waals surface area contributed by atoms with Gasteiger partial charge in [0.15, 0.2) is 0 Å². The molecule has 3 aromatic rings. The van der Waals surface area contributed by atoms with Crippen molar-refractivity contribution >= 4 is 21.6 Å². The van der Waals surface area contributed by atoms with Gasteiger partial charge >= 0.3 is 0 Å². The van der Waals surface area contributed by atoms with Gasteiger partial charge in [-0.1, -0.05) is 60.2 Å². The van der Waals surface area contributed by atoms with Crippen LogP contribution in [0.15, 0.2) is 78.9 Å². The van der Waals surface area contributed by atoms with Gasteiger partial charge in [-0.15, -0.1) is 0 Å². The smallest absolute Gasteiger partial charge is 0.244 e. The number of rotatable bonds is 8. The molecule has 32 heavy (non-hydrogen) atoms. The summed E-state index contributed by atoms with van der Waals surface area (Å²) in [5.41, 5.74) is 3.33. The predicted octanol–water partition coefficient (Wildman–Crippen LogP) is 4.06. The summed E-state index contributed by atoms with van der Waals surface area (Å²) in [6, 6.07) is 22.7. The number of benzene rings is 3. The van der Waals surface area contributed by atoms with E-state index in [9.17, 15) is 13.2 Å². The highest BCUT2D eigenvalue weighted by molar-refractivity contribution is 7.92. The Labute approximate surface area is 189 Å². The molecule has 6 nitrogen and oxygen atoms in total. The summed E-state index contributed by atoms with van der Waals surface area (Å²) in [6.45, 7) is 3.58. The molecule has 0 aliphatic rings. The maximum Gasteiger partial charge on any atom is 0.244 e. The predicted molar refractivity (Wildman–Crippen MR) is 127 cm³/mol. The van der Waals surface area contributed by atoms with Crippen molar-refractivity contribution < 1.29 is 17.9 Å². The Balaban J connectivity index is 1.93. The van der Waals surface area contributed by atoms with E-state index in [1.807, 2.05) is 61.5 Å². The lowest BCUT2D eigenvalue weighted by atomic mass is 9.97. The Hall–Kier alpha value is -3.32. The third-order valence-corrected chi connectivity index (χ3v) is 6.49. The molecule has 1 amide bonds. The highest BCUT2D eigenvalue weighted by Gasteiger charge is 2.31. The second-order valence-electron chi connectivity index (χ2n) is 7.70. The van der Waals surface area contributed by atoms with E-state index in [4.69, 9.17) is 4.74 Å². The number of hydrogen-bond donors (Lipinski definition) is 1. The van der Waals surface area contributed by atoms with Crippen LogP contribution in [-0.2, 0) is 14.8 Å². The fourth-order valence-corrected chi connectivity index (χ4v) is 4.74. The van der Waals surface area contributed by atoms with Gasteiger partial charge in [-0.25, -0.2) is 8.42 Å². The zero-order valence-electron chi connectivity index (χ0n) is 18.6. The standard InChI is InChI=1S/C25H28N2O4S/c1-18-10-12-21(13-11-18)24(20-8-6-5-7-9-20)26-25(28)19(2)27(32(4,29)30)22-14-16-23(31-3)17-15-22/h5-17,19,24H,1-4H3,(H,26,28)/t19-,24+/m0/s1. The lowest BCUT2D eigenvalue weighted by Crippen LogP contribution is -2.48. The largest absolute Gasteiger partial charge is 0.497 e. The van der Waals surface area contributed by atoms with Crippen LogP contribution in [0.5, 0.6) is 5.75 Å². The third-order valence-electron chi connectivity index (χ3n) is 5.25. The number of carbonyl (C=O) groups excluding carboxylic acids is 1. The molecule has 7 heteroatoms. The first-order valence-corrected chi connectivity index (χ1v) is 12.1. The van der Waals surface area contributed by atoms with E-state index in [2.05, 4.69) is 5.32 Å². The zero-order chi connectivity index (χ0) is 23.3. The summed E-state index contributed by atoms with van der Waals surface area (Å²) < 4.78 is 31.5. The van der Waals surface area contributed by atoms with Crippen molar-refractivity contribution in [2.24, 2.45) is 0 Å². The van der Waals surface area contributed by atoms with E-state index in [1.165, 1.54) is 7.11 Å². The van der Waals surface area contributed by atoms with Crippen LogP contribution in [0.3, 0.4) is 0 Å². The fourth-order valence-electron chi connectivity index (χ4n) is 3.56. The van der Waals surface area contributed by atoms with Crippen LogP contribution < -0.4 is 14.4 Å². The molecule has 0 heterocycles. The Morgan fingerprint density at radius 3 is 2.00 bits per heavy atom. The number of anilines is 1. The number of sulfonamides is 1. The third kappa shape index (κ3) is 5.48. The molecule has 0 aromatic heterocycles. The topological polar surface area (TPSA) is 75.7 Å². The van der Waals surface area contributed by atoms with Crippen molar-refractivity contribution in [2.45, 2.75) is 25.9 Å². The van der Waals surface area contributed by atoms with Crippen LogP contribution in [0.4, 0.5) is 5.69 Å². The van der Waals surface area contributed by atoms with Crippen molar-refractivity contribution in [2.75, 3.05) is 17.7 Å². The zero-order valence-corrected chi connectivity index (χ0v) is 19.5. The maximum absolute atomic E-state index is 13.3. The first kappa shape index (κ1) is 23.3. The van der Waals surface area contributed by atoms with Crippen molar-refractivity contribution in [3.05, 3.63) is 95.6 Å². The number of ether oxygens (including phenoxy) is 1. The lowest BCUT2D eigenvalue weighted by molar-refractivity contribution is -0.122. The van der Waals surface area contributed by atoms with E-state index in [1.54, 1.807) is 31.2 Å². The number of nitrogens with zero attached hydrogens (tertiary/aromatic N) is 1. The molecule has 0 saturated carbocycles. The maximum atomic E-state index is 13.3. The van der Waals surface area contributed by atoms with Gasteiger partial charge < -0.3 is 10.1 Å². The van der Waals surface area contributed by atoms with E-state index in [0.717, 1.165) is 27.3 Å². The molecular weight excluding hydrogens is 424 g/mol. The molecular formula is C25H28N2O4S. The summed E-state index contributed by atoms with van der Waals surface area (Å²) >= 11 is 0. The van der Waals surface area contributed by atoms with Crippen molar-refractivity contribution in [1.29, 1.82) is 0 Å². The van der Waals surface area contributed by atoms with Crippen molar-refractivity contribution in [3.8, 4) is 5.75 Å². The summed E-state index contributed by atoms with van der Waals surface area (Å²) in [5.74, 6) is 0.198. The van der Waals surface area contributed by atoms with Gasteiger partial charge in [0, 0.05) is 0 Å². The highest BCUT2D eigenvalue weighted by atomic mass is 32.2. The summed E-state index contributed by atoms with van der Waals surface area (Å²) in [4.78, 5) is 13.3. The first-order valence-electron chi connectivity index (χ1n) is 10.3. The average molecular weight is 453 g/mol. The molecule has 0 fully saturated rings. The summed E-state index contributed by atoms with van der Waals surface area (Å²) in [6.07, 6.45) is 1.09. The molecule has 3 aromatic carbocycles. The minimum absolute atomic E-state index is 0.391. The molecule has 3 rings (SSSR count). The van der Waals surface area contributed by atoms with Crippen LogP contribution in [-0.4, -0.2) is 33.7 Å². The lowest BCUT2D eigenvalue weighted by Gasteiger charge is -2.30. The van der Waals surface area contributed by atoms with Gasteiger partial charge in [-0.05, 0) is 49.2 Å². The van der Waals surface area contributed by atoms with Crippen LogP contribution in [0.1, 0.15) is 29.7 Å². The second-order valence-corrected chi connectivity index (χ2v) is 9.56. The molecule has 0 radical (unpaired) electrons. The molecule has 168 valence electrons. The fraction of sp³-hybridized carbons (Fsp3) is 0.240. The monoisotopic (exact) mass is 452 g/mol. The molecule has 1 N–H and O–H groups in total. The number of hydrogen-bond acceptors (Lipinski definition) is 4. The van der Waals surface area contributed by atoms with Gasteiger partial charge in [0.25, 0.3) is 0 Å². The van der Waals surface area contributed by atoms with Gasteiger partial charge in [0.1, 0.15) is 11.8 Å². The van der Waals surface area contributed by atoms with Crippen LogP contribution in [0, 0.1) is 6.92 Å². The Morgan fingerprint density at radius 2 is 1.47 bits per heavy atom. The van der Waals surface area contributed by atoms with Crippen LogP contribution in [0.2, 0.25) is 0 Å². The molecule has 0 bridgehead atoms. The first-order chi connectivity index (χ1) is 15.2. The second kappa shape index (κ2) is 9.87. The number of nitrogens with one attached hydrogen (secondary N) is 1. The number of carbonyl (C=O) groups is 1. The van der Waals surface area contributed by atoms with Crippen molar-refractivity contribution in [1.82, 2.24) is 5.32 Å². The number of aryl methyl sites for hydroxylation is 1. The van der Waals surface area contributed by atoms with Gasteiger partial charge in [0.2, 0.25) is 15.9 Å². The summed E-state index contributed by atoms with van der Waals surface area (Å²) in [7, 11) is -2.18. The summed E-state index contributed by atoms with van der Waals surface area (Å²) in [5, 5.41) is 3.04. The Kier molecular flexibility index (Phi) is 7.20. The van der Waals surface area contributed by atoms with E-state index in [0.29, 0.717) is 11.4 Å². The molecule has 0 unspecified atom stereocenters. The molecule has 2 atom stereocenters. The van der Waals surface area contributed by atoms with Gasteiger partial charge in [-0.2, -0.15) is 0 Å². The van der Waals surface area contributed by atoms with Crippen LogP contribution >= 0.6 is 0 Å². The number of methoxy groups -OCH3 is 1. The highest BCUT2D eigenvalue weighted by Crippen LogP contribution is 2.26. The van der Waals surface area contributed by atoms with Gasteiger partial charge in [0.05, 0.1) is 25.1 Å². The minimum Gasteiger partial charge on any atom is -0.497 e. The Bertz CT molecular complexity index is 1140. The quantitative estimate of drug-likeness (QED) is 0.559.